The normalized spacial score (nSPS) is 13.7. The average molecular weight is 307 g/mol. The van der Waals surface area contributed by atoms with E-state index in [-0.39, 0.29) is 10.9 Å². The average Bonchev–Trinajstić information content (AvgIpc) is 2.43. The molecule has 0 aliphatic carbocycles. The smallest absolute Gasteiger partial charge is 0.241 e. The molecule has 0 spiro atoms. The third-order valence-corrected chi connectivity index (χ3v) is 5.09. The fourth-order valence-corrected chi connectivity index (χ4v) is 3.35. The van der Waals surface area contributed by atoms with Gasteiger partial charge in [0.05, 0.1) is 4.90 Å². The molecule has 1 unspecified atom stereocenters. The molecule has 2 aromatic rings. The van der Waals surface area contributed by atoms with Crippen molar-refractivity contribution in [2.24, 2.45) is 0 Å². The van der Waals surface area contributed by atoms with Crippen LogP contribution in [0.3, 0.4) is 0 Å². The fourth-order valence-electron chi connectivity index (χ4n) is 2.00. The summed E-state index contributed by atoms with van der Waals surface area (Å²) >= 11 is 0. The molecule has 0 aromatic heterocycles. The number of nitrogen functional groups attached to an aromatic ring is 1. The standard InChI is InChI=1S/C15H21N3O2S/c1-11(18(2)3)10-17-21(19,20)15-6-4-5-12-9-13(16)7-8-14(12)15/h4-9,11,17H,10,16H2,1-3H3. The van der Waals surface area contributed by atoms with Gasteiger partial charge >= 0.3 is 0 Å². The van der Waals surface area contributed by atoms with Crippen LogP contribution in [0.4, 0.5) is 5.69 Å². The quantitative estimate of drug-likeness (QED) is 0.824. The SMILES string of the molecule is CC(CNS(=O)(=O)c1cccc2cc(N)ccc12)N(C)C. The lowest BCUT2D eigenvalue weighted by Crippen LogP contribution is -2.38. The lowest BCUT2D eigenvalue weighted by Gasteiger charge is -2.20. The number of rotatable bonds is 5. The molecule has 0 saturated heterocycles. The second-order valence-electron chi connectivity index (χ2n) is 5.40. The highest BCUT2D eigenvalue weighted by Crippen LogP contribution is 2.24. The van der Waals surface area contributed by atoms with Gasteiger partial charge in [0.1, 0.15) is 0 Å². The number of nitrogens with two attached hydrogens (primary N) is 1. The molecule has 0 fully saturated rings. The number of hydrogen-bond donors (Lipinski definition) is 2. The minimum atomic E-state index is -3.55. The predicted octanol–water partition coefficient (Wildman–Crippen LogP) is 1.65. The summed E-state index contributed by atoms with van der Waals surface area (Å²) in [5.41, 5.74) is 6.36. The van der Waals surface area contributed by atoms with Crippen LogP contribution in [-0.4, -0.2) is 40.0 Å². The lowest BCUT2D eigenvalue weighted by molar-refractivity contribution is 0.314. The highest BCUT2D eigenvalue weighted by atomic mass is 32.2. The fraction of sp³-hybridized carbons (Fsp3) is 0.333. The summed E-state index contributed by atoms with van der Waals surface area (Å²) < 4.78 is 27.7. The molecule has 21 heavy (non-hydrogen) atoms. The molecule has 5 nitrogen and oxygen atoms in total. The molecular formula is C15H21N3O2S. The minimum Gasteiger partial charge on any atom is -0.399 e. The van der Waals surface area contributed by atoms with Gasteiger partial charge in [0.2, 0.25) is 10.0 Å². The first-order chi connectivity index (χ1) is 9.81. The molecule has 0 aliphatic heterocycles. The Kier molecular flexibility index (Phi) is 4.51. The maximum Gasteiger partial charge on any atom is 0.241 e. The molecule has 2 aromatic carbocycles. The molecule has 0 aliphatic rings. The monoisotopic (exact) mass is 307 g/mol. The Morgan fingerprint density at radius 1 is 1.24 bits per heavy atom. The largest absolute Gasteiger partial charge is 0.399 e. The number of benzene rings is 2. The van der Waals surface area contributed by atoms with Crippen LogP contribution in [0.15, 0.2) is 41.3 Å². The van der Waals surface area contributed by atoms with Gasteiger partial charge in [-0.25, -0.2) is 13.1 Å². The molecule has 0 amide bonds. The van der Waals surface area contributed by atoms with Crippen LogP contribution in [0.5, 0.6) is 0 Å². The van der Waals surface area contributed by atoms with E-state index in [4.69, 9.17) is 5.73 Å². The summed E-state index contributed by atoms with van der Waals surface area (Å²) in [7, 11) is 0.287. The molecule has 6 heteroatoms. The van der Waals surface area contributed by atoms with Gasteiger partial charge < -0.3 is 10.6 Å². The van der Waals surface area contributed by atoms with Crippen LogP contribution in [0.2, 0.25) is 0 Å². The van der Waals surface area contributed by atoms with Crippen LogP contribution in [0, 0.1) is 0 Å². The van der Waals surface area contributed by atoms with Crippen molar-refractivity contribution in [1.82, 2.24) is 9.62 Å². The Hall–Kier alpha value is -1.63. The lowest BCUT2D eigenvalue weighted by atomic mass is 10.1. The minimum absolute atomic E-state index is 0.116. The van der Waals surface area contributed by atoms with E-state index < -0.39 is 10.0 Å². The number of anilines is 1. The van der Waals surface area contributed by atoms with Gasteiger partial charge in [-0.15, -0.1) is 0 Å². The van der Waals surface area contributed by atoms with Crippen molar-refractivity contribution >= 4 is 26.5 Å². The summed E-state index contributed by atoms with van der Waals surface area (Å²) in [6, 6.07) is 10.5. The van der Waals surface area contributed by atoms with Crippen LogP contribution >= 0.6 is 0 Å². The van der Waals surface area contributed by atoms with E-state index in [0.29, 0.717) is 17.6 Å². The number of likely N-dealkylation sites (N-methyl/N-ethyl adjacent to an activating group) is 1. The van der Waals surface area contributed by atoms with Gasteiger partial charge in [-0.3, -0.25) is 0 Å². The number of sulfonamides is 1. The van der Waals surface area contributed by atoms with Crippen LogP contribution in [-0.2, 0) is 10.0 Å². The zero-order chi connectivity index (χ0) is 15.6. The number of hydrogen-bond acceptors (Lipinski definition) is 4. The molecule has 1 atom stereocenters. The summed E-state index contributed by atoms with van der Waals surface area (Å²) in [6.07, 6.45) is 0. The second kappa shape index (κ2) is 6.01. The maximum atomic E-state index is 12.5. The third kappa shape index (κ3) is 3.53. The Bertz CT molecular complexity index is 742. The van der Waals surface area contributed by atoms with Crippen LogP contribution in [0.1, 0.15) is 6.92 Å². The van der Waals surface area contributed by atoms with E-state index in [0.717, 1.165) is 5.39 Å². The summed E-state index contributed by atoms with van der Waals surface area (Å²) in [6.45, 7) is 2.33. The van der Waals surface area contributed by atoms with Gasteiger partial charge in [0.15, 0.2) is 0 Å². The van der Waals surface area contributed by atoms with Gasteiger partial charge in [-0.1, -0.05) is 18.2 Å². The molecule has 0 radical (unpaired) electrons. The molecule has 3 N–H and O–H groups in total. The van der Waals surface area contributed by atoms with Crippen LogP contribution in [0.25, 0.3) is 10.8 Å². The molecule has 0 saturated carbocycles. The van der Waals surface area contributed by atoms with E-state index in [1.54, 1.807) is 30.3 Å². The van der Waals surface area contributed by atoms with Crippen molar-refractivity contribution in [3.8, 4) is 0 Å². The van der Waals surface area contributed by atoms with Crippen LogP contribution < -0.4 is 10.5 Å². The van der Waals surface area contributed by atoms with Gasteiger partial charge in [0, 0.05) is 23.7 Å². The number of nitrogens with zero attached hydrogens (tertiary/aromatic N) is 1. The Labute approximate surface area is 125 Å². The second-order valence-corrected chi connectivity index (χ2v) is 7.14. The molecule has 0 bridgehead atoms. The van der Waals surface area contributed by atoms with Crippen molar-refractivity contribution in [1.29, 1.82) is 0 Å². The van der Waals surface area contributed by atoms with Crippen molar-refractivity contribution in [2.45, 2.75) is 17.9 Å². The van der Waals surface area contributed by atoms with Crippen molar-refractivity contribution in [3.05, 3.63) is 36.4 Å². The summed E-state index contributed by atoms with van der Waals surface area (Å²) in [5.74, 6) is 0. The predicted molar refractivity (Wildman–Crippen MR) is 86.7 cm³/mol. The summed E-state index contributed by atoms with van der Waals surface area (Å²) in [5, 5.41) is 1.50. The van der Waals surface area contributed by atoms with Crippen molar-refractivity contribution in [3.63, 3.8) is 0 Å². The highest BCUT2D eigenvalue weighted by molar-refractivity contribution is 7.89. The first kappa shape index (κ1) is 15.8. The Balaban J connectivity index is 2.36. The molecular weight excluding hydrogens is 286 g/mol. The van der Waals surface area contributed by atoms with E-state index in [1.807, 2.05) is 32.0 Å². The van der Waals surface area contributed by atoms with E-state index in [9.17, 15) is 8.42 Å². The molecule has 0 heterocycles. The highest BCUT2D eigenvalue weighted by Gasteiger charge is 2.18. The zero-order valence-corrected chi connectivity index (χ0v) is 13.3. The van der Waals surface area contributed by atoms with E-state index in [1.165, 1.54) is 0 Å². The Morgan fingerprint density at radius 2 is 1.95 bits per heavy atom. The van der Waals surface area contributed by atoms with E-state index >= 15 is 0 Å². The van der Waals surface area contributed by atoms with E-state index in [2.05, 4.69) is 4.72 Å². The topological polar surface area (TPSA) is 75.4 Å². The zero-order valence-electron chi connectivity index (χ0n) is 12.5. The summed E-state index contributed by atoms with van der Waals surface area (Å²) in [4.78, 5) is 2.25. The van der Waals surface area contributed by atoms with Gasteiger partial charge in [-0.2, -0.15) is 0 Å². The van der Waals surface area contributed by atoms with Crippen molar-refractivity contribution in [2.75, 3.05) is 26.4 Å². The van der Waals surface area contributed by atoms with Gasteiger partial charge in [0.25, 0.3) is 0 Å². The first-order valence-corrected chi connectivity index (χ1v) is 8.24. The first-order valence-electron chi connectivity index (χ1n) is 6.75. The number of nitrogens with one attached hydrogen (secondary N) is 1. The Morgan fingerprint density at radius 3 is 2.62 bits per heavy atom. The van der Waals surface area contributed by atoms with Gasteiger partial charge in [-0.05, 0) is 44.6 Å². The van der Waals surface area contributed by atoms with Crippen molar-refractivity contribution < 1.29 is 8.42 Å². The molecule has 114 valence electrons. The third-order valence-electron chi connectivity index (χ3n) is 3.60. The molecule has 2 rings (SSSR count). The maximum absolute atomic E-state index is 12.5. The number of fused-ring (bicyclic) bond motifs is 1.